The van der Waals surface area contributed by atoms with E-state index in [9.17, 15) is 4.79 Å². The average molecular weight is 223 g/mol. The summed E-state index contributed by atoms with van der Waals surface area (Å²) in [5.74, 6) is 0.748. The van der Waals surface area contributed by atoms with Crippen LogP contribution in [0.4, 0.5) is 0 Å². The second-order valence-corrected chi connectivity index (χ2v) is 3.39. The van der Waals surface area contributed by atoms with Crippen molar-refractivity contribution in [1.29, 1.82) is 0 Å². The zero-order valence-corrected chi connectivity index (χ0v) is 9.40. The second kappa shape index (κ2) is 6.85. The van der Waals surface area contributed by atoms with Crippen LogP contribution in [0.2, 0.25) is 0 Å². The van der Waals surface area contributed by atoms with Gasteiger partial charge >= 0.3 is 0 Å². The van der Waals surface area contributed by atoms with E-state index < -0.39 is 0 Å². The molecule has 0 aromatic heterocycles. The van der Waals surface area contributed by atoms with Crippen LogP contribution in [0.3, 0.4) is 0 Å². The third kappa shape index (κ3) is 3.90. The van der Waals surface area contributed by atoms with Crippen molar-refractivity contribution in [3.05, 3.63) is 29.8 Å². The molecule has 0 bridgehead atoms. The lowest BCUT2D eigenvalue weighted by molar-refractivity contribution is -0.121. The molecule has 1 amide bonds. The van der Waals surface area contributed by atoms with E-state index in [-0.39, 0.29) is 12.5 Å². The van der Waals surface area contributed by atoms with Gasteiger partial charge in [-0.15, -0.1) is 0 Å². The van der Waals surface area contributed by atoms with Gasteiger partial charge in [0.15, 0.2) is 0 Å². The molecule has 0 atom stereocenters. The van der Waals surface area contributed by atoms with Gasteiger partial charge in [0.05, 0.1) is 13.7 Å². The molecule has 16 heavy (non-hydrogen) atoms. The summed E-state index contributed by atoms with van der Waals surface area (Å²) in [5, 5.41) is 11.2. The van der Waals surface area contributed by atoms with Crippen LogP contribution >= 0.6 is 0 Å². The molecule has 0 aliphatic carbocycles. The number of carbonyl (C=O) groups is 1. The van der Waals surface area contributed by atoms with Crippen molar-refractivity contribution in [2.45, 2.75) is 12.8 Å². The Morgan fingerprint density at radius 1 is 1.44 bits per heavy atom. The van der Waals surface area contributed by atoms with Gasteiger partial charge in [-0.05, 0) is 18.1 Å². The van der Waals surface area contributed by atoms with Gasteiger partial charge in [-0.3, -0.25) is 4.79 Å². The molecule has 1 aromatic rings. The Balaban J connectivity index is 2.44. The molecule has 0 fully saturated rings. The fourth-order valence-electron chi connectivity index (χ4n) is 1.44. The third-order valence-electron chi connectivity index (χ3n) is 2.25. The first-order chi connectivity index (χ1) is 7.77. The van der Waals surface area contributed by atoms with Crippen LogP contribution < -0.4 is 10.1 Å². The van der Waals surface area contributed by atoms with E-state index in [0.717, 1.165) is 11.3 Å². The lowest BCUT2D eigenvalue weighted by Gasteiger charge is -2.07. The van der Waals surface area contributed by atoms with Crippen LogP contribution in [0.15, 0.2) is 24.3 Å². The van der Waals surface area contributed by atoms with Crippen LogP contribution in [0, 0.1) is 0 Å². The number of benzene rings is 1. The lowest BCUT2D eigenvalue weighted by atomic mass is 10.1. The van der Waals surface area contributed by atoms with E-state index in [1.54, 1.807) is 7.11 Å². The first-order valence-corrected chi connectivity index (χ1v) is 5.27. The number of methoxy groups -OCH3 is 1. The summed E-state index contributed by atoms with van der Waals surface area (Å²) in [6, 6.07) is 7.64. The Bertz CT molecular complexity index is 339. The van der Waals surface area contributed by atoms with Gasteiger partial charge in [0.25, 0.3) is 0 Å². The Morgan fingerprint density at radius 2 is 2.19 bits per heavy atom. The number of para-hydroxylation sites is 1. The molecule has 4 heteroatoms. The number of aliphatic hydroxyl groups is 1. The average Bonchev–Trinajstić information content (AvgIpc) is 2.34. The van der Waals surface area contributed by atoms with Gasteiger partial charge in [0.2, 0.25) is 5.91 Å². The topological polar surface area (TPSA) is 58.6 Å². The van der Waals surface area contributed by atoms with Crippen molar-refractivity contribution in [2.75, 3.05) is 20.3 Å². The van der Waals surface area contributed by atoms with E-state index in [1.165, 1.54) is 0 Å². The smallest absolute Gasteiger partial charge is 0.220 e. The summed E-state index contributed by atoms with van der Waals surface area (Å²) in [4.78, 5) is 11.3. The molecule has 88 valence electrons. The Labute approximate surface area is 95.2 Å². The fourth-order valence-corrected chi connectivity index (χ4v) is 1.44. The molecule has 0 unspecified atom stereocenters. The number of aliphatic hydroxyl groups excluding tert-OH is 1. The molecule has 2 N–H and O–H groups in total. The maximum absolute atomic E-state index is 11.3. The summed E-state index contributed by atoms with van der Waals surface area (Å²) in [5.41, 5.74) is 1.02. The monoisotopic (exact) mass is 223 g/mol. The number of nitrogens with one attached hydrogen (secondary N) is 1. The number of ether oxygens (including phenoxy) is 1. The highest BCUT2D eigenvalue weighted by atomic mass is 16.5. The molecule has 1 aromatic carbocycles. The molecule has 0 saturated heterocycles. The van der Waals surface area contributed by atoms with Gasteiger partial charge in [-0.1, -0.05) is 18.2 Å². The van der Waals surface area contributed by atoms with Gasteiger partial charge < -0.3 is 15.2 Å². The largest absolute Gasteiger partial charge is 0.496 e. The van der Waals surface area contributed by atoms with Gasteiger partial charge in [-0.2, -0.15) is 0 Å². The summed E-state index contributed by atoms with van der Waals surface area (Å²) in [6.45, 7) is 0.283. The molecular formula is C12H17NO3. The first kappa shape index (κ1) is 12.5. The van der Waals surface area contributed by atoms with Crippen molar-refractivity contribution >= 4 is 5.91 Å². The minimum Gasteiger partial charge on any atom is -0.496 e. The standard InChI is InChI=1S/C12H17NO3/c1-16-11-5-3-2-4-10(11)6-7-12(15)13-8-9-14/h2-5,14H,6-9H2,1H3,(H,13,15). The molecule has 0 saturated carbocycles. The van der Waals surface area contributed by atoms with Crippen molar-refractivity contribution in [2.24, 2.45) is 0 Å². The number of amides is 1. The number of rotatable bonds is 6. The van der Waals surface area contributed by atoms with E-state index in [2.05, 4.69) is 5.32 Å². The minimum atomic E-state index is -0.0556. The molecular weight excluding hydrogens is 206 g/mol. The Morgan fingerprint density at radius 3 is 2.88 bits per heavy atom. The van der Waals surface area contributed by atoms with Crippen LogP contribution in [0.5, 0.6) is 5.75 Å². The Hall–Kier alpha value is -1.55. The van der Waals surface area contributed by atoms with E-state index >= 15 is 0 Å². The second-order valence-electron chi connectivity index (χ2n) is 3.39. The van der Waals surface area contributed by atoms with Crippen LogP contribution in [0.25, 0.3) is 0 Å². The quantitative estimate of drug-likeness (QED) is 0.747. The van der Waals surface area contributed by atoms with Crippen LogP contribution in [-0.2, 0) is 11.2 Å². The maximum atomic E-state index is 11.3. The van der Waals surface area contributed by atoms with Crippen LogP contribution in [-0.4, -0.2) is 31.3 Å². The number of hydrogen-bond donors (Lipinski definition) is 2. The number of aryl methyl sites for hydroxylation is 1. The highest BCUT2D eigenvalue weighted by molar-refractivity contribution is 5.76. The van der Waals surface area contributed by atoms with Crippen molar-refractivity contribution < 1.29 is 14.6 Å². The predicted octanol–water partition coefficient (Wildman–Crippen LogP) is 0.736. The molecule has 0 aliphatic heterocycles. The molecule has 0 spiro atoms. The first-order valence-electron chi connectivity index (χ1n) is 5.27. The van der Waals surface area contributed by atoms with Crippen LogP contribution in [0.1, 0.15) is 12.0 Å². The highest BCUT2D eigenvalue weighted by Gasteiger charge is 2.05. The molecule has 4 nitrogen and oxygen atoms in total. The zero-order chi connectivity index (χ0) is 11.8. The Kier molecular flexibility index (Phi) is 5.36. The summed E-state index contributed by atoms with van der Waals surface area (Å²) in [7, 11) is 1.62. The fraction of sp³-hybridized carbons (Fsp3) is 0.417. The van der Waals surface area contributed by atoms with Gasteiger partial charge in [0.1, 0.15) is 5.75 Å². The van der Waals surface area contributed by atoms with Crippen molar-refractivity contribution in [3.8, 4) is 5.75 Å². The lowest BCUT2D eigenvalue weighted by Crippen LogP contribution is -2.26. The summed E-state index contributed by atoms with van der Waals surface area (Å²) < 4.78 is 5.19. The maximum Gasteiger partial charge on any atom is 0.220 e. The molecule has 0 aliphatic rings. The van der Waals surface area contributed by atoms with E-state index in [4.69, 9.17) is 9.84 Å². The summed E-state index contributed by atoms with van der Waals surface area (Å²) >= 11 is 0. The predicted molar refractivity (Wildman–Crippen MR) is 61.4 cm³/mol. The van der Waals surface area contributed by atoms with Crippen molar-refractivity contribution in [1.82, 2.24) is 5.32 Å². The minimum absolute atomic E-state index is 0.0274. The van der Waals surface area contributed by atoms with Gasteiger partial charge in [-0.25, -0.2) is 0 Å². The SMILES string of the molecule is COc1ccccc1CCC(=O)NCCO. The van der Waals surface area contributed by atoms with E-state index in [1.807, 2.05) is 24.3 Å². The van der Waals surface area contributed by atoms with E-state index in [0.29, 0.717) is 19.4 Å². The highest BCUT2D eigenvalue weighted by Crippen LogP contribution is 2.18. The molecule has 0 heterocycles. The van der Waals surface area contributed by atoms with Gasteiger partial charge in [0, 0.05) is 13.0 Å². The number of hydrogen-bond acceptors (Lipinski definition) is 3. The molecule has 1 rings (SSSR count). The number of carbonyl (C=O) groups excluding carboxylic acids is 1. The normalized spacial score (nSPS) is 9.88. The third-order valence-corrected chi connectivity index (χ3v) is 2.25. The zero-order valence-electron chi connectivity index (χ0n) is 9.40. The summed E-state index contributed by atoms with van der Waals surface area (Å²) in [6.07, 6.45) is 1.04. The molecule has 0 radical (unpaired) electrons. The van der Waals surface area contributed by atoms with Crippen molar-refractivity contribution in [3.63, 3.8) is 0 Å².